The molecule has 0 aromatic carbocycles. The maximum atomic E-state index is 11.7. The van der Waals surface area contributed by atoms with Crippen LogP contribution in [0, 0.1) is 0 Å². The van der Waals surface area contributed by atoms with Crippen molar-refractivity contribution in [2.75, 3.05) is 19.6 Å². The first-order chi connectivity index (χ1) is 8.31. The lowest BCUT2D eigenvalue weighted by molar-refractivity contribution is 0.168. The minimum atomic E-state index is 0.0592. The van der Waals surface area contributed by atoms with E-state index in [0.717, 1.165) is 38.9 Å². The number of likely N-dealkylation sites (tertiary alicyclic amines) is 1. The predicted octanol–water partition coefficient (Wildman–Crippen LogP) is 1.03. The van der Waals surface area contributed by atoms with Gasteiger partial charge in [-0.1, -0.05) is 12.1 Å². The van der Waals surface area contributed by atoms with Gasteiger partial charge in [0.2, 0.25) is 0 Å². The third-order valence-electron chi connectivity index (χ3n) is 3.09. The van der Waals surface area contributed by atoms with E-state index < -0.39 is 0 Å². The Kier molecular flexibility index (Phi) is 3.95. The van der Waals surface area contributed by atoms with Gasteiger partial charge >= 0.3 is 6.03 Å². The van der Waals surface area contributed by atoms with Crippen LogP contribution < -0.4 is 5.32 Å². The zero-order chi connectivity index (χ0) is 12.1. The Labute approximate surface area is 101 Å². The van der Waals surface area contributed by atoms with Gasteiger partial charge in [-0.2, -0.15) is 0 Å². The number of rotatable bonds is 3. The van der Waals surface area contributed by atoms with E-state index in [0.29, 0.717) is 6.04 Å². The monoisotopic (exact) mass is 237 g/mol. The molecule has 6 heteroatoms. The fourth-order valence-electron chi connectivity index (χ4n) is 2.09. The molecule has 0 atom stereocenters. The smallest absolute Gasteiger partial charge is 0.317 e. The zero-order valence-electron chi connectivity index (χ0n) is 10.2. The number of urea groups is 1. The number of hydrogen-bond donors (Lipinski definition) is 1. The normalized spacial score (nSPS) is 17.1. The van der Waals surface area contributed by atoms with Gasteiger partial charge in [0.05, 0.1) is 12.2 Å². The fourth-order valence-corrected chi connectivity index (χ4v) is 2.09. The standard InChI is InChI=1S/C11H19N5O/c1-2-5-12-11(17)15-7-3-10(4-8-15)16-9-6-13-14-16/h6,9-10H,2-5,7-8H2,1H3,(H,12,17). The Balaban J connectivity index is 1.80. The van der Waals surface area contributed by atoms with Gasteiger partial charge < -0.3 is 10.2 Å². The van der Waals surface area contributed by atoms with E-state index in [1.165, 1.54) is 0 Å². The average Bonchev–Trinajstić information content (AvgIpc) is 2.90. The summed E-state index contributed by atoms with van der Waals surface area (Å²) in [5.41, 5.74) is 0. The molecule has 0 saturated carbocycles. The van der Waals surface area contributed by atoms with E-state index in [1.54, 1.807) is 6.20 Å². The molecule has 94 valence electrons. The molecule has 1 saturated heterocycles. The number of amides is 2. The molecule has 2 amide bonds. The van der Waals surface area contributed by atoms with Crippen LogP contribution in [0.25, 0.3) is 0 Å². The average molecular weight is 237 g/mol. The minimum Gasteiger partial charge on any atom is -0.338 e. The largest absolute Gasteiger partial charge is 0.338 e. The summed E-state index contributed by atoms with van der Waals surface area (Å²) in [6.07, 6.45) is 6.45. The lowest BCUT2D eigenvalue weighted by atomic mass is 10.1. The summed E-state index contributed by atoms with van der Waals surface area (Å²) in [6.45, 7) is 4.39. The van der Waals surface area contributed by atoms with Crippen molar-refractivity contribution in [3.63, 3.8) is 0 Å². The molecule has 1 aromatic rings. The highest BCUT2D eigenvalue weighted by molar-refractivity contribution is 5.74. The van der Waals surface area contributed by atoms with Crippen LogP contribution in [0.5, 0.6) is 0 Å². The first-order valence-electron chi connectivity index (χ1n) is 6.20. The first-order valence-corrected chi connectivity index (χ1v) is 6.20. The van der Waals surface area contributed by atoms with Crippen molar-refractivity contribution >= 4 is 6.03 Å². The van der Waals surface area contributed by atoms with Crippen molar-refractivity contribution in [1.82, 2.24) is 25.2 Å². The summed E-state index contributed by atoms with van der Waals surface area (Å²) in [4.78, 5) is 13.6. The topological polar surface area (TPSA) is 63.1 Å². The van der Waals surface area contributed by atoms with Gasteiger partial charge in [0.25, 0.3) is 0 Å². The number of piperidine rings is 1. The molecule has 0 aliphatic carbocycles. The van der Waals surface area contributed by atoms with Gasteiger partial charge in [-0.3, -0.25) is 0 Å². The predicted molar refractivity (Wildman–Crippen MR) is 63.6 cm³/mol. The van der Waals surface area contributed by atoms with Crippen LogP contribution in [-0.4, -0.2) is 45.6 Å². The molecule has 17 heavy (non-hydrogen) atoms. The lowest BCUT2D eigenvalue weighted by Gasteiger charge is -2.31. The number of aromatic nitrogens is 3. The second-order valence-electron chi connectivity index (χ2n) is 4.33. The van der Waals surface area contributed by atoms with Crippen LogP contribution in [0.1, 0.15) is 32.2 Å². The molecular formula is C11H19N5O. The second-order valence-corrected chi connectivity index (χ2v) is 4.33. The van der Waals surface area contributed by atoms with Crippen molar-refractivity contribution in [2.24, 2.45) is 0 Å². The highest BCUT2D eigenvalue weighted by atomic mass is 16.2. The molecule has 1 N–H and O–H groups in total. The molecular weight excluding hydrogens is 218 g/mol. The molecule has 1 aliphatic rings. The van der Waals surface area contributed by atoms with Crippen molar-refractivity contribution in [3.8, 4) is 0 Å². The highest BCUT2D eigenvalue weighted by Crippen LogP contribution is 2.20. The van der Waals surface area contributed by atoms with Gasteiger partial charge in [-0.15, -0.1) is 5.10 Å². The molecule has 6 nitrogen and oxygen atoms in total. The lowest BCUT2D eigenvalue weighted by Crippen LogP contribution is -2.45. The van der Waals surface area contributed by atoms with E-state index >= 15 is 0 Å². The van der Waals surface area contributed by atoms with Crippen LogP contribution in [0.4, 0.5) is 4.79 Å². The van der Waals surface area contributed by atoms with E-state index in [-0.39, 0.29) is 6.03 Å². The van der Waals surface area contributed by atoms with E-state index in [9.17, 15) is 4.79 Å². The van der Waals surface area contributed by atoms with Gasteiger partial charge in [0.1, 0.15) is 0 Å². The second kappa shape index (κ2) is 5.65. The van der Waals surface area contributed by atoms with Gasteiger partial charge in [-0.05, 0) is 19.3 Å². The first kappa shape index (κ1) is 11.9. The van der Waals surface area contributed by atoms with Crippen LogP contribution in [-0.2, 0) is 0 Å². The summed E-state index contributed by atoms with van der Waals surface area (Å²) < 4.78 is 1.89. The number of carbonyl (C=O) groups excluding carboxylic acids is 1. The quantitative estimate of drug-likeness (QED) is 0.854. The van der Waals surface area contributed by atoms with E-state index in [1.807, 2.05) is 15.8 Å². The maximum Gasteiger partial charge on any atom is 0.317 e. The fraction of sp³-hybridized carbons (Fsp3) is 0.727. The van der Waals surface area contributed by atoms with Gasteiger partial charge in [-0.25, -0.2) is 9.48 Å². The van der Waals surface area contributed by atoms with Crippen molar-refractivity contribution in [1.29, 1.82) is 0 Å². The Morgan fingerprint density at radius 3 is 2.82 bits per heavy atom. The van der Waals surface area contributed by atoms with E-state index in [2.05, 4.69) is 22.6 Å². The number of carbonyl (C=O) groups is 1. The summed E-state index contributed by atoms with van der Waals surface area (Å²) in [6, 6.07) is 0.441. The van der Waals surface area contributed by atoms with Crippen LogP contribution in [0.3, 0.4) is 0 Å². The maximum absolute atomic E-state index is 11.7. The summed E-state index contributed by atoms with van der Waals surface area (Å²) in [5, 5.41) is 10.7. The molecule has 0 spiro atoms. The van der Waals surface area contributed by atoms with Gasteiger partial charge in [0.15, 0.2) is 0 Å². The molecule has 1 aromatic heterocycles. The molecule has 2 heterocycles. The number of nitrogens with one attached hydrogen (secondary N) is 1. The summed E-state index contributed by atoms with van der Waals surface area (Å²) in [5.74, 6) is 0. The van der Waals surface area contributed by atoms with Gasteiger partial charge in [0, 0.05) is 25.8 Å². The van der Waals surface area contributed by atoms with Crippen LogP contribution in [0.15, 0.2) is 12.4 Å². The minimum absolute atomic E-state index is 0.0592. The van der Waals surface area contributed by atoms with Crippen LogP contribution >= 0.6 is 0 Å². The Morgan fingerprint density at radius 2 is 2.24 bits per heavy atom. The summed E-state index contributed by atoms with van der Waals surface area (Å²) in [7, 11) is 0. The Morgan fingerprint density at radius 1 is 1.47 bits per heavy atom. The summed E-state index contributed by atoms with van der Waals surface area (Å²) >= 11 is 0. The molecule has 1 aliphatic heterocycles. The molecule has 2 rings (SSSR count). The SMILES string of the molecule is CCCNC(=O)N1CCC(n2ccnn2)CC1. The van der Waals surface area contributed by atoms with Crippen molar-refractivity contribution in [2.45, 2.75) is 32.2 Å². The van der Waals surface area contributed by atoms with E-state index in [4.69, 9.17) is 0 Å². The van der Waals surface area contributed by atoms with Crippen molar-refractivity contribution in [3.05, 3.63) is 12.4 Å². The van der Waals surface area contributed by atoms with Crippen LogP contribution in [0.2, 0.25) is 0 Å². The van der Waals surface area contributed by atoms with Crippen molar-refractivity contribution < 1.29 is 4.79 Å². The zero-order valence-corrected chi connectivity index (χ0v) is 10.2. The Hall–Kier alpha value is -1.59. The third-order valence-corrected chi connectivity index (χ3v) is 3.09. The molecule has 1 fully saturated rings. The molecule has 0 unspecified atom stereocenters. The number of nitrogens with zero attached hydrogens (tertiary/aromatic N) is 4. The highest BCUT2D eigenvalue weighted by Gasteiger charge is 2.23. The third kappa shape index (κ3) is 2.95. The molecule has 0 radical (unpaired) electrons. The Bertz CT molecular complexity index is 343. The number of hydrogen-bond acceptors (Lipinski definition) is 3. The molecule has 0 bridgehead atoms.